The molecule has 0 aliphatic heterocycles. The monoisotopic (exact) mass is 414 g/mol. The van der Waals surface area contributed by atoms with Crippen molar-refractivity contribution in [2.24, 2.45) is 0 Å². The zero-order valence-corrected chi connectivity index (χ0v) is 16.4. The van der Waals surface area contributed by atoms with E-state index in [2.05, 4.69) is 16.5 Å². The average molecular weight is 414 g/mol. The lowest BCUT2D eigenvalue weighted by molar-refractivity contribution is 0.0549. The summed E-state index contributed by atoms with van der Waals surface area (Å²) in [6, 6.07) is 4.17. The van der Waals surface area contributed by atoms with Crippen molar-refractivity contribution in [3.8, 4) is 23.5 Å². The van der Waals surface area contributed by atoms with E-state index in [1.54, 1.807) is 0 Å². The molecule has 0 fully saturated rings. The molecule has 0 aliphatic rings. The standard InChI is InChI=1S/C20H18N2O8/c1-5-8-28-19(25)17-12(30-20-21-13(26-3)9-14(22-20)27-4)7-6-11-16(17)15(18(23)24)10(2)29-11/h5-7,9H,1,8H2,2-4H3,(H,23,24). The number of aromatic nitrogens is 2. The number of carbonyl (C=O) groups excluding carboxylic acids is 1. The molecule has 3 rings (SSSR count). The van der Waals surface area contributed by atoms with Gasteiger partial charge in [0.2, 0.25) is 11.8 Å². The summed E-state index contributed by atoms with van der Waals surface area (Å²) in [6.45, 7) is 4.90. The van der Waals surface area contributed by atoms with Crippen molar-refractivity contribution in [2.45, 2.75) is 6.92 Å². The molecule has 30 heavy (non-hydrogen) atoms. The summed E-state index contributed by atoms with van der Waals surface area (Å²) in [5.41, 5.74) is -0.133. The number of carboxylic acid groups (broad SMARTS) is 1. The molecule has 0 bridgehead atoms. The maximum atomic E-state index is 12.8. The third kappa shape index (κ3) is 3.88. The van der Waals surface area contributed by atoms with E-state index in [0.717, 1.165) is 0 Å². The SMILES string of the molecule is C=CCOC(=O)c1c(Oc2nc(OC)cc(OC)n2)ccc2oc(C)c(C(=O)O)c12. The van der Waals surface area contributed by atoms with E-state index in [0.29, 0.717) is 0 Å². The number of aromatic carboxylic acids is 1. The Hall–Kier alpha value is -4.08. The lowest BCUT2D eigenvalue weighted by atomic mass is 10.0. The second-order valence-corrected chi connectivity index (χ2v) is 5.87. The van der Waals surface area contributed by atoms with Crippen LogP contribution in [0.1, 0.15) is 26.5 Å². The van der Waals surface area contributed by atoms with Crippen molar-refractivity contribution in [1.29, 1.82) is 0 Å². The van der Waals surface area contributed by atoms with Gasteiger partial charge in [-0.25, -0.2) is 9.59 Å². The van der Waals surface area contributed by atoms with Crippen molar-refractivity contribution in [1.82, 2.24) is 9.97 Å². The predicted molar refractivity (Wildman–Crippen MR) is 104 cm³/mol. The van der Waals surface area contributed by atoms with Gasteiger partial charge >= 0.3 is 17.9 Å². The summed E-state index contributed by atoms with van der Waals surface area (Å²) >= 11 is 0. The molecule has 2 heterocycles. The molecule has 1 N–H and O–H groups in total. The summed E-state index contributed by atoms with van der Waals surface area (Å²) in [7, 11) is 2.81. The maximum absolute atomic E-state index is 12.8. The second-order valence-electron chi connectivity index (χ2n) is 5.87. The fourth-order valence-electron chi connectivity index (χ4n) is 2.78. The van der Waals surface area contributed by atoms with Gasteiger partial charge in [-0.05, 0) is 19.1 Å². The number of esters is 1. The topological polar surface area (TPSA) is 130 Å². The van der Waals surface area contributed by atoms with Crippen molar-refractivity contribution in [3.63, 3.8) is 0 Å². The van der Waals surface area contributed by atoms with Crippen molar-refractivity contribution in [3.05, 3.63) is 47.7 Å². The lowest BCUT2D eigenvalue weighted by Gasteiger charge is -2.12. The molecule has 0 aliphatic carbocycles. The first-order valence-electron chi connectivity index (χ1n) is 8.61. The number of rotatable bonds is 8. The van der Waals surface area contributed by atoms with Crippen LogP contribution in [0, 0.1) is 6.92 Å². The molecular weight excluding hydrogens is 396 g/mol. The van der Waals surface area contributed by atoms with E-state index in [1.165, 1.54) is 45.4 Å². The van der Waals surface area contributed by atoms with E-state index >= 15 is 0 Å². The van der Waals surface area contributed by atoms with E-state index in [9.17, 15) is 14.7 Å². The minimum absolute atomic E-state index is 0.0323. The Morgan fingerprint density at radius 2 is 1.83 bits per heavy atom. The van der Waals surface area contributed by atoms with E-state index in [-0.39, 0.29) is 58.0 Å². The molecule has 0 saturated heterocycles. The van der Waals surface area contributed by atoms with Gasteiger partial charge in [-0.3, -0.25) is 0 Å². The Morgan fingerprint density at radius 3 is 2.40 bits per heavy atom. The van der Waals surface area contributed by atoms with Crippen LogP contribution in [0.2, 0.25) is 0 Å². The number of nitrogens with zero attached hydrogens (tertiary/aromatic N) is 2. The number of methoxy groups -OCH3 is 2. The average Bonchev–Trinajstić information content (AvgIpc) is 3.07. The number of aryl methyl sites for hydroxylation is 1. The largest absolute Gasteiger partial charge is 0.481 e. The quantitative estimate of drug-likeness (QED) is 0.432. The minimum atomic E-state index is -1.26. The fraction of sp³-hybridized carbons (Fsp3) is 0.200. The number of fused-ring (bicyclic) bond motifs is 1. The molecule has 0 saturated carbocycles. The molecule has 3 aromatic rings. The normalized spacial score (nSPS) is 10.5. The summed E-state index contributed by atoms with van der Waals surface area (Å²) in [5.74, 6) is -1.66. The van der Waals surface area contributed by atoms with Crippen LogP contribution in [0.25, 0.3) is 11.0 Å². The fourth-order valence-corrected chi connectivity index (χ4v) is 2.78. The number of ether oxygens (including phenoxy) is 4. The van der Waals surface area contributed by atoms with Crippen molar-refractivity contribution < 1.29 is 38.1 Å². The van der Waals surface area contributed by atoms with Crippen LogP contribution in [0.15, 0.2) is 35.3 Å². The van der Waals surface area contributed by atoms with E-state index in [4.69, 9.17) is 23.4 Å². The van der Waals surface area contributed by atoms with Gasteiger partial charge < -0.3 is 28.5 Å². The van der Waals surface area contributed by atoms with Crippen LogP contribution in [0.5, 0.6) is 23.5 Å². The number of carboxylic acids is 1. The molecule has 10 heteroatoms. The third-order valence-corrected chi connectivity index (χ3v) is 4.02. The smallest absolute Gasteiger partial charge is 0.343 e. The molecule has 1 aromatic carbocycles. The van der Waals surface area contributed by atoms with Gasteiger partial charge in [0.25, 0.3) is 0 Å². The predicted octanol–water partition coefficient (Wildman–Crippen LogP) is 3.38. The molecular formula is C20H18N2O8. The van der Waals surface area contributed by atoms with E-state index < -0.39 is 11.9 Å². The summed E-state index contributed by atoms with van der Waals surface area (Å²) in [5, 5.41) is 9.67. The van der Waals surface area contributed by atoms with Crippen LogP contribution in [-0.2, 0) is 4.74 Å². The Labute approximate surface area is 170 Å². The Bertz CT molecular complexity index is 1110. The Morgan fingerprint density at radius 1 is 1.17 bits per heavy atom. The number of hydrogen-bond donors (Lipinski definition) is 1. The Balaban J connectivity index is 2.21. The molecule has 0 spiro atoms. The minimum Gasteiger partial charge on any atom is -0.481 e. The van der Waals surface area contributed by atoms with E-state index in [1.807, 2.05) is 0 Å². The summed E-state index contributed by atoms with van der Waals surface area (Å²) in [4.78, 5) is 32.7. The van der Waals surface area contributed by atoms with Crippen LogP contribution in [0.3, 0.4) is 0 Å². The van der Waals surface area contributed by atoms with Crippen LogP contribution >= 0.6 is 0 Å². The molecule has 0 radical (unpaired) electrons. The molecule has 0 amide bonds. The molecule has 10 nitrogen and oxygen atoms in total. The van der Waals surface area contributed by atoms with Crippen LogP contribution in [0.4, 0.5) is 0 Å². The highest BCUT2D eigenvalue weighted by Crippen LogP contribution is 2.37. The Kier molecular flexibility index (Phi) is 5.86. The second kappa shape index (κ2) is 8.52. The molecule has 2 aromatic heterocycles. The van der Waals surface area contributed by atoms with Gasteiger partial charge in [0, 0.05) is 0 Å². The first-order chi connectivity index (χ1) is 14.4. The van der Waals surface area contributed by atoms with Gasteiger partial charge in [0.05, 0.1) is 25.7 Å². The maximum Gasteiger partial charge on any atom is 0.343 e. The summed E-state index contributed by atoms with van der Waals surface area (Å²) in [6.07, 6.45) is 1.38. The summed E-state index contributed by atoms with van der Waals surface area (Å²) < 4.78 is 26.5. The number of hydrogen-bond acceptors (Lipinski definition) is 9. The van der Waals surface area contributed by atoms with Gasteiger partial charge in [-0.2, -0.15) is 9.97 Å². The number of furan rings is 1. The zero-order chi connectivity index (χ0) is 21.8. The lowest BCUT2D eigenvalue weighted by Crippen LogP contribution is -2.10. The first-order valence-corrected chi connectivity index (χ1v) is 8.61. The third-order valence-electron chi connectivity index (χ3n) is 4.02. The van der Waals surface area contributed by atoms with Gasteiger partial charge in [0.1, 0.15) is 34.8 Å². The molecule has 156 valence electrons. The van der Waals surface area contributed by atoms with Crippen molar-refractivity contribution in [2.75, 3.05) is 20.8 Å². The van der Waals surface area contributed by atoms with Gasteiger partial charge in [-0.1, -0.05) is 12.7 Å². The number of carbonyl (C=O) groups is 2. The zero-order valence-electron chi connectivity index (χ0n) is 16.4. The van der Waals surface area contributed by atoms with Crippen LogP contribution in [-0.4, -0.2) is 47.8 Å². The number of benzene rings is 1. The highest BCUT2D eigenvalue weighted by Gasteiger charge is 2.28. The van der Waals surface area contributed by atoms with Gasteiger partial charge in [-0.15, -0.1) is 0 Å². The first kappa shape index (κ1) is 20.6. The highest BCUT2D eigenvalue weighted by molar-refractivity contribution is 6.14. The highest BCUT2D eigenvalue weighted by atomic mass is 16.5. The molecule has 0 unspecified atom stereocenters. The van der Waals surface area contributed by atoms with Crippen LogP contribution < -0.4 is 14.2 Å². The molecule has 0 atom stereocenters. The van der Waals surface area contributed by atoms with Gasteiger partial charge in [0.15, 0.2) is 0 Å². The van der Waals surface area contributed by atoms with Crippen molar-refractivity contribution >= 4 is 22.9 Å².